The Morgan fingerprint density at radius 1 is 1.06 bits per heavy atom. The van der Waals surface area contributed by atoms with Crippen molar-refractivity contribution in [2.24, 2.45) is 4.99 Å². The maximum atomic E-state index is 14.2. The molecule has 0 saturated carbocycles. The van der Waals surface area contributed by atoms with Crippen LogP contribution in [-0.2, 0) is 10.2 Å². The molecule has 1 atom stereocenters. The van der Waals surface area contributed by atoms with Crippen LogP contribution in [-0.4, -0.2) is 30.0 Å². The summed E-state index contributed by atoms with van der Waals surface area (Å²) in [5, 5.41) is 0.272. The molecule has 0 bridgehead atoms. The summed E-state index contributed by atoms with van der Waals surface area (Å²) in [6.45, 7) is 6.55. The predicted octanol–water partition coefficient (Wildman–Crippen LogP) is 6.95. The number of benzene rings is 2. The van der Waals surface area contributed by atoms with E-state index in [-0.39, 0.29) is 22.0 Å². The number of carbonyl (C=O) groups is 1. The summed E-state index contributed by atoms with van der Waals surface area (Å²) in [4.78, 5) is 16.6. The highest BCUT2D eigenvalue weighted by Crippen LogP contribution is 2.48. The van der Waals surface area contributed by atoms with Gasteiger partial charge in [-0.05, 0) is 74.7 Å². The van der Waals surface area contributed by atoms with Crippen LogP contribution in [0.5, 0.6) is 0 Å². The summed E-state index contributed by atoms with van der Waals surface area (Å²) in [6, 6.07) is 8.79. The molecule has 2 aromatic rings. The van der Waals surface area contributed by atoms with Crippen LogP contribution in [0.2, 0.25) is 10.0 Å². The summed E-state index contributed by atoms with van der Waals surface area (Å²) >= 11 is 11.9. The number of nitrogens with zero attached hydrogens (tertiary/aromatic N) is 1. The molecule has 31 heavy (non-hydrogen) atoms. The maximum Gasteiger partial charge on any atom is 0.400 e. The van der Waals surface area contributed by atoms with Crippen LogP contribution in [0.15, 0.2) is 41.4 Å². The van der Waals surface area contributed by atoms with Crippen molar-refractivity contribution in [1.82, 2.24) is 0 Å². The van der Waals surface area contributed by atoms with Crippen molar-refractivity contribution in [3.8, 4) is 0 Å². The Morgan fingerprint density at radius 3 is 2.19 bits per heavy atom. The first-order valence-electron chi connectivity index (χ1n) is 9.63. The highest BCUT2D eigenvalue weighted by Gasteiger charge is 2.58. The number of hydrogen-bond donors (Lipinski definition) is 0. The standard InChI is InChI=1S/C23H22Cl2F3NO2/c1-13-7-14(5-6-18(13)20(30)31-21(2,3)4)19-11-22(12-29-19,23(26,27)28)15-8-16(24)10-17(25)9-15/h5-10H,11-12H2,1-4H3. The molecular formula is C23H22Cl2F3NO2. The van der Waals surface area contributed by atoms with Crippen LogP contribution in [0.3, 0.4) is 0 Å². The fraction of sp³-hybridized carbons (Fsp3) is 0.391. The zero-order valence-electron chi connectivity index (χ0n) is 17.5. The normalized spacial score (nSPS) is 19.3. The van der Waals surface area contributed by atoms with Gasteiger partial charge in [0.2, 0.25) is 0 Å². The molecule has 0 aromatic heterocycles. The van der Waals surface area contributed by atoms with Gasteiger partial charge in [-0.1, -0.05) is 29.3 Å². The molecular weight excluding hydrogens is 450 g/mol. The molecule has 0 fully saturated rings. The number of esters is 1. The van der Waals surface area contributed by atoms with Gasteiger partial charge in [-0.25, -0.2) is 4.79 Å². The fourth-order valence-electron chi connectivity index (χ4n) is 3.60. The van der Waals surface area contributed by atoms with Gasteiger partial charge in [-0.2, -0.15) is 13.2 Å². The van der Waals surface area contributed by atoms with Crippen molar-refractivity contribution < 1.29 is 22.7 Å². The Bertz CT molecular complexity index is 1040. The van der Waals surface area contributed by atoms with Crippen LogP contribution in [0.4, 0.5) is 13.2 Å². The van der Waals surface area contributed by atoms with E-state index in [2.05, 4.69) is 4.99 Å². The fourth-order valence-corrected chi connectivity index (χ4v) is 4.13. The van der Waals surface area contributed by atoms with E-state index in [1.54, 1.807) is 45.9 Å². The van der Waals surface area contributed by atoms with Crippen LogP contribution in [0.1, 0.15) is 54.2 Å². The zero-order chi connectivity index (χ0) is 23.2. The van der Waals surface area contributed by atoms with Gasteiger partial charge in [0, 0.05) is 22.2 Å². The number of ether oxygens (including phenoxy) is 1. The SMILES string of the molecule is Cc1cc(C2=NCC(c3cc(Cl)cc(Cl)c3)(C(F)(F)F)C2)ccc1C(=O)OC(C)(C)C. The van der Waals surface area contributed by atoms with Gasteiger partial charge in [0.25, 0.3) is 0 Å². The molecule has 3 nitrogen and oxygen atoms in total. The molecule has 0 radical (unpaired) electrons. The molecule has 1 unspecified atom stereocenters. The third kappa shape index (κ3) is 4.90. The van der Waals surface area contributed by atoms with Gasteiger partial charge < -0.3 is 4.74 Å². The lowest BCUT2D eigenvalue weighted by molar-refractivity contribution is -0.183. The minimum atomic E-state index is -4.56. The highest BCUT2D eigenvalue weighted by molar-refractivity contribution is 6.34. The van der Waals surface area contributed by atoms with Gasteiger partial charge in [0.05, 0.1) is 12.1 Å². The van der Waals surface area contributed by atoms with Crippen molar-refractivity contribution in [3.63, 3.8) is 0 Å². The Kier molecular flexibility index (Phi) is 6.20. The molecule has 0 amide bonds. The average molecular weight is 472 g/mol. The van der Waals surface area contributed by atoms with Crippen LogP contribution < -0.4 is 0 Å². The Balaban J connectivity index is 1.94. The number of carbonyl (C=O) groups excluding carboxylic acids is 1. The molecule has 1 aliphatic heterocycles. The molecule has 8 heteroatoms. The molecule has 0 N–H and O–H groups in total. The second-order valence-corrected chi connectivity index (χ2v) is 9.58. The van der Waals surface area contributed by atoms with E-state index in [1.807, 2.05) is 0 Å². The van der Waals surface area contributed by atoms with Gasteiger partial charge in [-0.15, -0.1) is 0 Å². The maximum absolute atomic E-state index is 14.2. The zero-order valence-corrected chi connectivity index (χ0v) is 19.0. The molecule has 0 spiro atoms. The Labute approximate surface area is 189 Å². The third-order valence-electron chi connectivity index (χ3n) is 5.15. The minimum Gasteiger partial charge on any atom is -0.456 e. The summed E-state index contributed by atoms with van der Waals surface area (Å²) in [5.74, 6) is -0.483. The second-order valence-electron chi connectivity index (χ2n) is 8.71. The first-order chi connectivity index (χ1) is 14.2. The molecule has 1 aliphatic rings. The summed E-state index contributed by atoms with van der Waals surface area (Å²) in [7, 11) is 0. The molecule has 2 aromatic carbocycles. The number of halogens is 5. The largest absolute Gasteiger partial charge is 0.456 e. The first kappa shape index (κ1) is 23.6. The van der Waals surface area contributed by atoms with Gasteiger partial charge in [-0.3, -0.25) is 4.99 Å². The molecule has 1 heterocycles. The number of hydrogen-bond acceptors (Lipinski definition) is 3. The lowest BCUT2D eigenvalue weighted by Gasteiger charge is -2.31. The van der Waals surface area contributed by atoms with Gasteiger partial charge >= 0.3 is 12.1 Å². The predicted molar refractivity (Wildman–Crippen MR) is 117 cm³/mol. The van der Waals surface area contributed by atoms with E-state index in [9.17, 15) is 18.0 Å². The number of rotatable bonds is 3. The average Bonchev–Trinajstić information content (AvgIpc) is 3.06. The monoisotopic (exact) mass is 471 g/mol. The summed E-state index contributed by atoms with van der Waals surface area (Å²) in [5.41, 5.74) is -1.07. The van der Waals surface area contributed by atoms with Gasteiger partial charge in [0.1, 0.15) is 11.0 Å². The van der Waals surface area contributed by atoms with E-state index >= 15 is 0 Å². The smallest absolute Gasteiger partial charge is 0.400 e. The lowest BCUT2D eigenvalue weighted by Crippen LogP contribution is -2.43. The van der Waals surface area contributed by atoms with Gasteiger partial charge in [0.15, 0.2) is 0 Å². The first-order valence-corrected chi connectivity index (χ1v) is 10.4. The van der Waals surface area contributed by atoms with Crippen molar-refractivity contribution >= 4 is 34.9 Å². The molecule has 0 aliphatic carbocycles. The van der Waals surface area contributed by atoms with Crippen LogP contribution in [0, 0.1) is 6.92 Å². The quantitative estimate of drug-likeness (QED) is 0.454. The van der Waals surface area contributed by atoms with Crippen LogP contribution in [0.25, 0.3) is 0 Å². The Hall–Kier alpha value is -2.05. The Morgan fingerprint density at radius 2 is 1.68 bits per heavy atom. The van der Waals surface area contributed by atoms with Crippen molar-refractivity contribution in [1.29, 1.82) is 0 Å². The lowest BCUT2D eigenvalue weighted by atomic mass is 9.76. The molecule has 0 saturated heterocycles. The summed E-state index contributed by atoms with van der Waals surface area (Å²) < 4.78 is 48.1. The highest BCUT2D eigenvalue weighted by atomic mass is 35.5. The minimum absolute atomic E-state index is 0.0154. The summed E-state index contributed by atoms with van der Waals surface area (Å²) in [6.07, 6.45) is -4.91. The van der Waals surface area contributed by atoms with Crippen molar-refractivity contribution in [2.45, 2.75) is 51.3 Å². The van der Waals surface area contributed by atoms with E-state index < -0.39 is 29.7 Å². The van der Waals surface area contributed by atoms with Crippen molar-refractivity contribution in [3.05, 3.63) is 68.7 Å². The van der Waals surface area contributed by atoms with E-state index in [1.165, 1.54) is 18.2 Å². The van der Waals surface area contributed by atoms with E-state index in [4.69, 9.17) is 27.9 Å². The number of aliphatic imine (C=N–C) groups is 1. The number of alkyl halides is 3. The van der Waals surface area contributed by atoms with E-state index in [0.717, 1.165) is 0 Å². The second kappa shape index (κ2) is 8.14. The van der Waals surface area contributed by atoms with Crippen LogP contribution >= 0.6 is 23.2 Å². The van der Waals surface area contributed by atoms with Crippen molar-refractivity contribution in [2.75, 3.05) is 6.54 Å². The third-order valence-corrected chi connectivity index (χ3v) is 5.58. The molecule has 3 rings (SSSR count). The van der Waals surface area contributed by atoms with E-state index in [0.29, 0.717) is 22.4 Å². The topological polar surface area (TPSA) is 38.7 Å². The molecule has 166 valence electrons. The number of aryl methyl sites for hydroxylation is 1.